The molecule has 0 saturated carbocycles. The van der Waals surface area contributed by atoms with Gasteiger partial charge in [-0.3, -0.25) is 14.4 Å². The van der Waals surface area contributed by atoms with E-state index in [9.17, 15) is 14.4 Å². The lowest BCUT2D eigenvalue weighted by atomic mass is 10.00. The van der Waals surface area contributed by atoms with Crippen molar-refractivity contribution in [3.05, 3.63) is 94.8 Å². The average molecular weight is 774 g/mol. The Morgan fingerprint density at radius 2 is 1.64 bits per heavy atom. The topological polar surface area (TPSA) is 149 Å². The maximum atomic E-state index is 15.7. The maximum Gasteiger partial charge on any atom is 0.291 e. The number of halogens is 3. The minimum absolute atomic E-state index is 0.00806. The molecule has 1 unspecified atom stereocenters. The van der Waals surface area contributed by atoms with Gasteiger partial charge in [-0.25, -0.2) is 23.4 Å². The number of anilines is 2. The molecule has 5 aromatic rings. The quantitative estimate of drug-likeness (QED) is 0.182. The fourth-order valence-electron chi connectivity index (χ4n) is 6.68. The van der Waals surface area contributed by atoms with E-state index in [4.69, 9.17) is 17.3 Å². The first kappa shape index (κ1) is 39.0. The Balaban J connectivity index is 1.11. The highest BCUT2D eigenvalue weighted by molar-refractivity contribution is 6.34. The monoisotopic (exact) mass is 773 g/mol. The van der Waals surface area contributed by atoms with Crippen LogP contribution < -0.4 is 16.0 Å². The van der Waals surface area contributed by atoms with Gasteiger partial charge in [0, 0.05) is 74.1 Å². The predicted octanol–water partition coefficient (Wildman–Crippen LogP) is 4.25. The molecule has 6 rings (SSSR count). The van der Waals surface area contributed by atoms with Crippen molar-refractivity contribution in [2.24, 2.45) is 13.0 Å². The van der Waals surface area contributed by atoms with Gasteiger partial charge in [0.15, 0.2) is 23.3 Å². The maximum absolute atomic E-state index is 15.7. The molecule has 55 heavy (non-hydrogen) atoms. The Labute approximate surface area is 322 Å². The van der Waals surface area contributed by atoms with Crippen molar-refractivity contribution >= 4 is 40.7 Å². The predicted molar refractivity (Wildman–Crippen MR) is 206 cm³/mol. The van der Waals surface area contributed by atoms with Gasteiger partial charge in [-0.2, -0.15) is 5.10 Å². The van der Waals surface area contributed by atoms with Crippen LogP contribution in [0.4, 0.5) is 20.2 Å². The first-order valence-corrected chi connectivity index (χ1v) is 18.4. The van der Waals surface area contributed by atoms with E-state index in [-0.39, 0.29) is 51.0 Å². The molecule has 0 bridgehead atoms. The molecule has 4 heterocycles. The molecule has 1 atom stereocenters. The average Bonchev–Trinajstić information content (AvgIpc) is 3.74. The third-order valence-electron chi connectivity index (χ3n) is 9.91. The number of quaternary nitrogens is 1. The van der Waals surface area contributed by atoms with Crippen molar-refractivity contribution in [2.45, 2.75) is 26.7 Å². The molecule has 1 aliphatic heterocycles. The number of amides is 3. The third-order valence-corrected chi connectivity index (χ3v) is 10.2. The third kappa shape index (κ3) is 8.22. The zero-order chi connectivity index (χ0) is 39.6. The number of aromatic nitrogens is 5. The van der Waals surface area contributed by atoms with Crippen molar-refractivity contribution in [3.8, 4) is 28.2 Å². The number of nitrogen functional groups attached to an aromatic ring is 1. The number of carbonyl (C=O) groups excluding carboxylic acids is 3. The number of nitrogens with two attached hydrogens (primary N) is 1. The lowest BCUT2D eigenvalue weighted by Crippen LogP contribution is -3.05. The van der Waals surface area contributed by atoms with E-state index in [2.05, 4.69) is 34.5 Å². The zero-order valence-corrected chi connectivity index (χ0v) is 32.1. The van der Waals surface area contributed by atoms with Crippen LogP contribution >= 0.6 is 11.6 Å². The number of rotatable bonds is 11. The molecule has 3 aromatic heterocycles. The fourth-order valence-corrected chi connectivity index (χ4v) is 6.94. The summed E-state index contributed by atoms with van der Waals surface area (Å²) in [5.41, 5.74) is 7.71. The van der Waals surface area contributed by atoms with Crippen LogP contribution in [0.3, 0.4) is 0 Å². The summed E-state index contributed by atoms with van der Waals surface area (Å²) < 4.78 is 34.1. The molecule has 0 aliphatic carbocycles. The highest BCUT2D eigenvalue weighted by Crippen LogP contribution is 2.33. The second-order valence-electron chi connectivity index (χ2n) is 14.0. The second kappa shape index (κ2) is 16.4. The highest BCUT2D eigenvalue weighted by Gasteiger charge is 2.30. The number of imidazole rings is 1. The van der Waals surface area contributed by atoms with E-state index >= 15 is 8.78 Å². The van der Waals surface area contributed by atoms with Crippen LogP contribution in [-0.4, -0.2) is 98.7 Å². The molecule has 0 radical (unpaired) electrons. The number of hydrogen-bond donors (Lipinski definition) is 3. The highest BCUT2D eigenvalue weighted by atomic mass is 35.5. The summed E-state index contributed by atoms with van der Waals surface area (Å²) in [6.45, 7) is 6.29. The van der Waals surface area contributed by atoms with Crippen LogP contribution in [0.15, 0.2) is 61.1 Å². The Kier molecular flexibility index (Phi) is 11.6. The van der Waals surface area contributed by atoms with E-state index in [0.29, 0.717) is 54.6 Å². The summed E-state index contributed by atoms with van der Waals surface area (Å²) in [6.07, 6.45) is 5.93. The van der Waals surface area contributed by atoms with Gasteiger partial charge in [-0.05, 0) is 49.7 Å². The van der Waals surface area contributed by atoms with E-state index in [1.165, 1.54) is 57.9 Å². The Morgan fingerprint density at radius 3 is 2.29 bits per heavy atom. The van der Waals surface area contributed by atoms with Crippen LogP contribution in [-0.2, 0) is 11.8 Å². The number of pyridine rings is 1. The molecule has 3 amide bonds. The van der Waals surface area contributed by atoms with Crippen molar-refractivity contribution in [1.82, 2.24) is 34.1 Å². The van der Waals surface area contributed by atoms with Crippen LogP contribution in [0.25, 0.3) is 28.2 Å². The summed E-state index contributed by atoms with van der Waals surface area (Å²) in [5.74, 6) is -2.60. The van der Waals surface area contributed by atoms with Crippen molar-refractivity contribution in [2.75, 3.05) is 57.9 Å². The molecule has 0 spiro atoms. The summed E-state index contributed by atoms with van der Waals surface area (Å²) >= 11 is 6.55. The Morgan fingerprint density at radius 1 is 0.945 bits per heavy atom. The molecule has 1 saturated heterocycles. The first-order chi connectivity index (χ1) is 26.3. The lowest BCUT2D eigenvalue weighted by Gasteiger charge is -2.36. The number of nitrogens with zero attached hydrogens (tertiary/aromatic N) is 7. The Hall–Kier alpha value is -5.67. The van der Waals surface area contributed by atoms with E-state index in [1.807, 2.05) is 11.8 Å². The number of nitrogens with one attached hydrogen (secondary N) is 2. The van der Waals surface area contributed by atoms with Crippen LogP contribution in [0.1, 0.15) is 46.4 Å². The summed E-state index contributed by atoms with van der Waals surface area (Å²) in [6, 6.07) is 10.8. The molecule has 16 heteroatoms. The molecular weight excluding hydrogens is 730 g/mol. The molecule has 2 aromatic carbocycles. The van der Waals surface area contributed by atoms with Crippen LogP contribution in [0.5, 0.6) is 0 Å². The van der Waals surface area contributed by atoms with Crippen LogP contribution in [0, 0.1) is 24.5 Å². The normalized spacial score (nSPS) is 13.7. The van der Waals surface area contributed by atoms with Crippen molar-refractivity contribution in [1.29, 1.82) is 0 Å². The second-order valence-corrected chi connectivity index (χ2v) is 14.4. The molecular formula is C39H44ClF2N10O3+. The molecule has 1 fully saturated rings. The number of aryl methyl sites for hydroxylation is 1. The summed E-state index contributed by atoms with van der Waals surface area (Å²) in [4.78, 5) is 53.1. The molecule has 13 nitrogen and oxygen atoms in total. The van der Waals surface area contributed by atoms with Gasteiger partial charge in [0.2, 0.25) is 5.91 Å². The van der Waals surface area contributed by atoms with Gasteiger partial charge >= 0.3 is 0 Å². The smallest absolute Gasteiger partial charge is 0.291 e. The SMILES string of the molecule is CCC(CC[NH+](C)C)C(=O)N1CCN(C(=O)c2ccc(NC(=O)c3ncc(-c4ccc(-c5cn(-c6ccc(N)cn6)nc5C)c(F)c4F)n3C)cc2Cl)CC1. The minimum atomic E-state index is -1.11. The number of hydrogen-bond acceptors (Lipinski definition) is 7. The van der Waals surface area contributed by atoms with Crippen molar-refractivity contribution in [3.63, 3.8) is 0 Å². The van der Waals surface area contributed by atoms with Gasteiger partial charge in [0.1, 0.15) is 0 Å². The zero-order valence-electron chi connectivity index (χ0n) is 31.4. The van der Waals surface area contributed by atoms with Gasteiger partial charge in [-0.15, -0.1) is 0 Å². The summed E-state index contributed by atoms with van der Waals surface area (Å²) in [7, 11) is 5.66. The van der Waals surface area contributed by atoms with Gasteiger partial charge in [0.05, 0.1) is 60.7 Å². The van der Waals surface area contributed by atoms with Crippen LogP contribution in [0.2, 0.25) is 5.02 Å². The first-order valence-electron chi connectivity index (χ1n) is 18.0. The van der Waals surface area contributed by atoms with Gasteiger partial charge in [0.25, 0.3) is 11.8 Å². The van der Waals surface area contributed by atoms with E-state index in [1.54, 1.807) is 36.2 Å². The number of benzene rings is 2. The fraction of sp³-hybridized carbons (Fsp3) is 0.333. The van der Waals surface area contributed by atoms with Crippen molar-refractivity contribution < 1.29 is 28.1 Å². The summed E-state index contributed by atoms with van der Waals surface area (Å²) in [5, 5.41) is 7.26. The van der Waals surface area contributed by atoms with Gasteiger partial charge in [-0.1, -0.05) is 24.6 Å². The minimum Gasteiger partial charge on any atom is -0.397 e. The Bertz CT molecular complexity index is 2230. The molecule has 288 valence electrons. The number of piperazine rings is 1. The lowest BCUT2D eigenvalue weighted by molar-refractivity contribution is -0.858. The number of carbonyl (C=O) groups is 3. The van der Waals surface area contributed by atoms with E-state index in [0.717, 1.165) is 19.4 Å². The molecule has 1 aliphatic rings. The van der Waals surface area contributed by atoms with E-state index < -0.39 is 17.5 Å². The standard InChI is InChI=1S/C39H43ClF2N10O3/c1-6-24(13-14-48(3)4)38(54)50-15-17-51(18-16-50)39(55)28-9-8-26(19-31(28)40)46-37(53)36-45-21-32(49(36)5)29-11-10-27(34(41)35(29)42)30-22-52(47-23(30)2)33-12-7-25(43)20-44-33/h7-12,19-22,24H,6,13-18,43H2,1-5H3,(H,46,53)/p+1. The largest absolute Gasteiger partial charge is 0.397 e. The van der Waals surface area contributed by atoms with Gasteiger partial charge < -0.3 is 30.3 Å². The molecule has 4 N–H and O–H groups in total.